The maximum Gasteiger partial charge on any atom is 0.273 e. The second-order valence-corrected chi connectivity index (χ2v) is 5.68. The molecule has 0 spiro atoms. The molecule has 0 amide bonds. The summed E-state index contributed by atoms with van der Waals surface area (Å²) in [7, 11) is 0. The van der Waals surface area contributed by atoms with Crippen LogP contribution >= 0.6 is 11.6 Å². The fourth-order valence-electron chi connectivity index (χ4n) is 2.30. The highest BCUT2D eigenvalue weighted by atomic mass is 35.5. The Morgan fingerprint density at radius 1 is 1.29 bits per heavy atom. The minimum Gasteiger partial charge on any atom is -0.493 e. The number of nitrogens with zero attached hydrogens (tertiary/aromatic N) is 2. The Morgan fingerprint density at radius 2 is 2.12 bits per heavy atom. The standard InChI is InChI=1S/C17H15ClN2O4/c1-11-3-4-12(9-15(11)20(21)22)17-19-14-10-13(23-8-2-7-18)5-6-16(14)24-17/h3-6,9-10H,2,7-8H2,1H3. The monoisotopic (exact) mass is 346 g/mol. The Morgan fingerprint density at radius 3 is 2.88 bits per heavy atom. The molecular formula is C17H15ClN2O4. The second kappa shape index (κ2) is 6.88. The summed E-state index contributed by atoms with van der Waals surface area (Å²) >= 11 is 5.62. The average molecular weight is 347 g/mol. The van der Waals surface area contributed by atoms with Gasteiger partial charge in [0.1, 0.15) is 11.3 Å². The third-order valence-corrected chi connectivity index (χ3v) is 3.83. The number of aryl methyl sites for hydroxylation is 1. The lowest BCUT2D eigenvalue weighted by Gasteiger charge is -2.03. The molecule has 3 aromatic rings. The van der Waals surface area contributed by atoms with E-state index in [0.717, 1.165) is 6.42 Å². The zero-order valence-electron chi connectivity index (χ0n) is 13.0. The summed E-state index contributed by atoms with van der Waals surface area (Å²) in [6.07, 6.45) is 0.761. The molecule has 0 N–H and O–H groups in total. The fourth-order valence-corrected chi connectivity index (χ4v) is 2.41. The number of aromatic nitrogens is 1. The van der Waals surface area contributed by atoms with Gasteiger partial charge in [0.15, 0.2) is 5.58 Å². The molecule has 0 radical (unpaired) electrons. The summed E-state index contributed by atoms with van der Waals surface area (Å²) in [5.41, 5.74) is 2.43. The zero-order chi connectivity index (χ0) is 17.1. The molecule has 7 heteroatoms. The average Bonchev–Trinajstić information content (AvgIpc) is 2.98. The molecule has 0 aliphatic heterocycles. The second-order valence-electron chi connectivity index (χ2n) is 5.30. The van der Waals surface area contributed by atoms with E-state index in [1.54, 1.807) is 37.3 Å². The van der Waals surface area contributed by atoms with Gasteiger partial charge >= 0.3 is 0 Å². The molecule has 2 aromatic carbocycles. The van der Waals surface area contributed by atoms with Crippen LogP contribution in [0.3, 0.4) is 0 Å². The summed E-state index contributed by atoms with van der Waals surface area (Å²) in [6, 6.07) is 10.2. The Hall–Kier alpha value is -2.60. The molecule has 0 saturated carbocycles. The van der Waals surface area contributed by atoms with E-state index in [0.29, 0.717) is 46.4 Å². The Balaban J connectivity index is 1.93. The van der Waals surface area contributed by atoms with E-state index in [-0.39, 0.29) is 5.69 Å². The van der Waals surface area contributed by atoms with Gasteiger partial charge in [-0.25, -0.2) is 4.98 Å². The molecule has 0 fully saturated rings. The number of alkyl halides is 1. The summed E-state index contributed by atoms with van der Waals surface area (Å²) in [6.45, 7) is 2.22. The van der Waals surface area contributed by atoms with Gasteiger partial charge in [-0.2, -0.15) is 0 Å². The summed E-state index contributed by atoms with van der Waals surface area (Å²) in [5.74, 6) is 1.57. The predicted molar refractivity (Wildman–Crippen MR) is 91.7 cm³/mol. The van der Waals surface area contributed by atoms with Gasteiger partial charge in [0.05, 0.1) is 11.5 Å². The van der Waals surface area contributed by atoms with Gasteiger partial charge in [-0.3, -0.25) is 10.1 Å². The Labute approximate surface area is 143 Å². The Bertz CT molecular complexity index is 891. The number of halogens is 1. The SMILES string of the molecule is Cc1ccc(-c2nc3cc(OCCCCl)ccc3o2)cc1[N+](=O)[O-]. The van der Waals surface area contributed by atoms with Crippen molar-refractivity contribution < 1.29 is 14.1 Å². The number of rotatable bonds is 6. The summed E-state index contributed by atoms with van der Waals surface area (Å²) in [5, 5.41) is 11.1. The van der Waals surface area contributed by atoms with Crippen LogP contribution in [-0.4, -0.2) is 22.4 Å². The first kappa shape index (κ1) is 16.3. The van der Waals surface area contributed by atoms with Crippen LogP contribution in [-0.2, 0) is 0 Å². The van der Waals surface area contributed by atoms with E-state index in [2.05, 4.69) is 4.98 Å². The van der Waals surface area contributed by atoms with Crippen LogP contribution in [0, 0.1) is 17.0 Å². The maximum atomic E-state index is 11.1. The quantitative estimate of drug-likeness (QED) is 0.279. The maximum absolute atomic E-state index is 11.1. The number of hydrogen-bond acceptors (Lipinski definition) is 5. The van der Waals surface area contributed by atoms with Crippen molar-refractivity contribution in [3.63, 3.8) is 0 Å². The molecule has 0 unspecified atom stereocenters. The first-order valence-electron chi connectivity index (χ1n) is 7.43. The molecule has 3 rings (SSSR count). The van der Waals surface area contributed by atoms with Crippen LogP contribution in [0.2, 0.25) is 0 Å². The first-order chi connectivity index (χ1) is 11.6. The third kappa shape index (κ3) is 3.33. The number of benzene rings is 2. The van der Waals surface area contributed by atoms with Gasteiger partial charge < -0.3 is 9.15 Å². The molecule has 0 bridgehead atoms. The van der Waals surface area contributed by atoms with E-state index in [1.165, 1.54) is 6.07 Å². The topological polar surface area (TPSA) is 78.4 Å². The van der Waals surface area contributed by atoms with Gasteiger partial charge in [0.2, 0.25) is 5.89 Å². The lowest BCUT2D eigenvalue weighted by Crippen LogP contribution is -1.97. The number of fused-ring (bicyclic) bond motifs is 1. The smallest absolute Gasteiger partial charge is 0.273 e. The third-order valence-electron chi connectivity index (χ3n) is 3.56. The van der Waals surface area contributed by atoms with Gasteiger partial charge in [-0.05, 0) is 31.5 Å². The molecule has 1 aromatic heterocycles. The lowest BCUT2D eigenvalue weighted by molar-refractivity contribution is -0.385. The molecule has 0 saturated heterocycles. The van der Waals surface area contributed by atoms with Crippen LogP contribution in [0.5, 0.6) is 5.75 Å². The highest BCUT2D eigenvalue weighted by molar-refractivity contribution is 6.17. The number of nitro benzene ring substituents is 1. The first-order valence-corrected chi connectivity index (χ1v) is 7.96. The summed E-state index contributed by atoms with van der Waals surface area (Å²) < 4.78 is 11.3. The fraction of sp³-hybridized carbons (Fsp3) is 0.235. The van der Waals surface area contributed by atoms with Crippen molar-refractivity contribution in [2.24, 2.45) is 0 Å². The zero-order valence-corrected chi connectivity index (χ0v) is 13.7. The lowest BCUT2D eigenvalue weighted by atomic mass is 10.1. The predicted octanol–water partition coefficient (Wildman–Crippen LogP) is 4.72. The molecule has 124 valence electrons. The number of hydrogen-bond donors (Lipinski definition) is 0. The molecular weight excluding hydrogens is 332 g/mol. The van der Waals surface area contributed by atoms with Gasteiger partial charge in [0, 0.05) is 29.1 Å². The van der Waals surface area contributed by atoms with Crippen LogP contribution in [0.15, 0.2) is 40.8 Å². The van der Waals surface area contributed by atoms with Crippen molar-refractivity contribution in [2.45, 2.75) is 13.3 Å². The van der Waals surface area contributed by atoms with Gasteiger partial charge in [-0.1, -0.05) is 6.07 Å². The summed E-state index contributed by atoms with van der Waals surface area (Å²) in [4.78, 5) is 15.1. The van der Waals surface area contributed by atoms with Crippen molar-refractivity contribution in [3.8, 4) is 17.2 Å². The van der Waals surface area contributed by atoms with Crippen molar-refractivity contribution >= 4 is 28.4 Å². The number of ether oxygens (including phenoxy) is 1. The minimum atomic E-state index is -0.412. The van der Waals surface area contributed by atoms with E-state index in [4.69, 9.17) is 20.8 Å². The minimum absolute atomic E-state index is 0.0415. The normalized spacial score (nSPS) is 10.9. The van der Waals surface area contributed by atoms with Crippen molar-refractivity contribution in [3.05, 3.63) is 52.1 Å². The molecule has 24 heavy (non-hydrogen) atoms. The number of nitro groups is 1. The molecule has 0 aliphatic carbocycles. The molecule has 1 heterocycles. The van der Waals surface area contributed by atoms with Gasteiger partial charge in [-0.15, -0.1) is 11.6 Å². The van der Waals surface area contributed by atoms with Crippen molar-refractivity contribution in [1.29, 1.82) is 0 Å². The number of oxazole rings is 1. The highest BCUT2D eigenvalue weighted by Gasteiger charge is 2.15. The van der Waals surface area contributed by atoms with E-state index < -0.39 is 4.92 Å². The van der Waals surface area contributed by atoms with Crippen LogP contribution in [0.4, 0.5) is 5.69 Å². The highest BCUT2D eigenvalue weighted by Crippen LogP contribution is 2.30. The van der Waals surface area contributed by atoms with Gasteiger partial charge in [0.25, 0.3) is 5.69 Å². The van der Waals surface area contributed by atoms with E-state index >= 15 is 0 Å². The molecule has 0 atom stereocenters. The van der Waals surface area contributed by atoms with Crippen molar-refractivity contribution in [1.82, 2.24) is 4.98 Å². The Kier molecular flexibility index (Phi) is 4.66. The van der Waals surface area contributed by atoms with Crippen LogP contribution in [0.25, 0.3) is 22.6 Å². The van der Waals surface area contributed by atoms with Crippen molar-refractivity contribution in [2.75, 3.05) is 12.5 Å². The van der Waals surface area contributed by atoms with Crippen LogP contribution < -0.4 is 4.74 Å². The molecule has 0 aliphatic rings. The van der Waals surface area contributed by atoms with E-state index in [1.807, 2.05) is 0 Å². The van der Waals surface area contributed by atoms with E-state index in [9.17, 15) is 10.1 Å². The van der Waals surface area contributed by atoms with Crippen LogP contribution in [0.1, 0.15) is 12.0 Å². The largest absolute Gasteiger partial charge is 0.493 e. The molecule has 6 nitrogen and oxygen atoms in total.